The largest absolute Gasteiger partial charge is 0.457 e. The molecule has 0 aliphatic carbocycles. The van der Waals surface area contributed by atoms with E-state index in [0.717, 1.165) is 135 Å². The van der Waals surface area contributed by atoms with Crippen LogP contribution in [0.1, 0.15) is 253 Å². The molecule has 0 unspecified atom stereocenters. The number of aliphatic hydroxyl groups is 5. The van der Waals surface area contributed by atoms with Crippen LogP contribution >= 0.6 is 0 Å². The summed E-state index contributed by atoms with van der Waals surface area (Å²) in [4.78, 5) is 55.0. The van der Waals surface area contributed by atoms with E-state index in [2.05, 4.69) is 20.8 Å². The zero-order chi connectivity index (χ0) is 66.4. The van der Waals surface area contributed by atoms with Crippen molar-refractivity contribution in [3.63, 3.8) is 0 Å². The van der Waals surface area contributed by atoms with Crippen LogP contribution < -0.4 is 0 Å². The first-order chi connectivity index (χ1) is 44.4. The van der Waals surface area contributed by atoms with E-state index in [4.69, 9.17) is 56.8 Å². The van der Waals surface area contributed by atoms with Gasteiger partial charge in [0.25, 0.3) is 0 Å². The summed E-state index contributed by atoms with van der Waals surface area (Å²) in [5.41, 5.74) is 0.693. The van der Waals surface area contributed by atoms with Crippen molar-refractivity contribution in [1.29, 1.82) is 0 Å². The standard InChI is InChI=1S/C71H116O21/c1-8-11-14-16-18-19-23-27-34-41-52(72)86-61-47(5)83-70(66(58(61)78)89-55(75)45-44-50-37-31-29-32-38-50)91-63-49(7)82-68(60(80)64(63)87-53(73)42-35-26-21-17-15-12-9-2)90-62-48(6)84-71-67(59(62)79)88-54(74)43-36-28-24-20-22-25-33-40-51(39-30-13-10-3)85-69-65(92-71)57(77)56(76)46(4)81-69/h29,31-32,37-38,44-49,51,56-71,76-80H,8-28,30,33-36,39-43H2,1-7H3/t46-,47+,48+,49+,51+,56+,57+,58-,59-,60-,61+,62+,63+,64+,65-,66-,67-,68+,69+,70+,71+/m1/s1. The van der Waals surface area contributed by atoms with Gasteiger partial charge in [0.1, 0.15) is 48.8 Å². The fourth-order valence-corrected chi connectivity index (χ4v) is 12.9. The van der Waals surface area contributed by atoms with Crippen LogP contribution in [0.4, 0.5) is 0 Å². The molecule has 21 heteroatoms. The van der Waals surface area contributed by atoms with Gasteiger partial charge in [-0.25, -0.2) is 4.79 Å². The molecule has 0 radical (unpaired) electrons. The van der Waals surface area contributed by atoms with Crippen molar-refractivity contribution >= 4 is 30.0 Å². The maximum absolute atomic E-state index is 14.0. The molecule has 92 heavy (non-hydrogen) atoms. The summed E-state index contributed by atoms with van der Waals surface area (Å²) in [6.07, 6.45) is 0.148. The van der Waals surface area contributed by atoms with Gasteiger partial charge in [-0.3, -0.25) is 14.4 Å². The fraction of sp³-hybridized carbons (Fsp3) is 0.831. The Kier molecular flexibility index (Phi) is 35.4. The van der Waals surface area contributed by atoms with Gasteiger partial charge in [-0.1, -0.05) is 199 Å². The number of unbranched alkanes of at least 4 members (excludes halogenated alkanes) is 16. The van der Waals surface area contributed by atoms with Crippen molar-refractivity contribution in [1.82, 2.24) is 0 Å². The number of ether oxygens (including phenoxy) is 12. The number of benzene rings is 1. The molecule has 0 aromatic heterocycles. The summed E-state index contributed by atoms with van der Waals surface area (Å²) in [6.45, 7) is 12.8. The second-order valence-corrected chi connectivity index (χ2v) is 26.3. The lowest BCUT2D eigenvalue weighted by Gasteiger charge is -2.49. The number of fused-ring (bicyclic) bond motifs is 2. The van der Waals surface area contributed by atoms with E-state index in [1.54, 1.807) is 52.0 Å². The molecule has 5 aliphatic heterocycles. The molecule has 0 spiro atoms. The van der Waals surface area contributed by atoms with Crippen molar-refractivity contribution in [2.24, 2.45) is 0 Å². The molecule has 0 amide bonds. The van der Waals surface area contributed by atoms with Crippen molar-refractivity contribution in [3.05, 3.63) is 42.0 Å². The van der Waals surface area contributed by atoms with E-state index in [1.807, 2.05) is 6.07 Å². The van der Waals surface area contributed by atoms with Gasteiger partial charge in [-0.05, 0) is 71.4 Å². The SMILES string of the molecule is CCCCCCCCCCCC(=O)O[C@@H]1[C@@H](O)[C@@H](OC(=O)C=Cc2ccccc2)[C@H](O[C@@H]2[C@@H](OC(=O)CCCCCCCCC)[C@@H](O)[C@H](O[C@@H]3[C@@H](O)[C@H]4OC(=O)CCCCCCCCC[C@H](CCCCC)O[C@@H]5O[C@H](C)[C@H](O)[C@H](O)[C@H]5O[C@@H]4O[C@H]3C)O[C@H]2C)O[C@H]1C. The fourth-order valence-electron chi connectivity index (χ4n) is 12.9. The van der Waals surface area contributed by atoms with Gasteiger partial charge >= 0.3 is 23.9 Å². The highest BCUT2D eigenvalue weighted by Crippen LogP contribution is 2.38. The second-order valence-electron chi connectivity index (χ2n) is 26.3. The molecule has 1 aromatic carbocycles. The molecule has 1 aromatic rings. The molecule has 5 heterocycles. The summed E-state index contributed by atoms with van der Waals surface area (Å²) >= 11 is 0. The zero-order valence-corrected chi connectivity index (χ0v) is 56.4. The minimum absolute atomic E-state index is 0.0109. The van der Waals surface area contributed by atoms with E-state index >= 15 is 0 Å². The molecule has 6 rings (SSSR count). The van der Waals surface area contributed by atoms with Gasteiger partial charge in [0.2, 0.25) is 0 Å². The van der Waals surface area contributed by atoms with E-state index in [0.29, 0.717) is 24.8 Å². The maximum atomic E-state index is 14.0. The Morgan fingerprint density at radius 3 is 1.61 bits per heavy atom. The minimum atomic E-state index is -1.87. The van der Waals surface area contributed by atoms with E-state index in [-0.39, 0.29) is 25.4 Å². The Labute approximate surface area is 547 Å². The predicted molar refractivity (Wildman–Crippen MR) is 342 cm³/mol. The smallest absolute Gasteiger partial charge is 0.331 e. The highest BCUT2D eigenvalue weighted by Gasteiger charge is 2.57. The third-order valence-electron chi connectivity index (χ3n) is 18.5. The molecule has 5 fully saturated rings. The number of rotatable bonds is 31. The molecule has 21 atom stereocenters. The Hall–Kier alpha value is -3.68. The lowest BCUT2D eigenvalue weighted by Crippen LogP contribution is -2.67. The van der Waals surface area contributed by atoms with Gasteiger partial charge in [0.05, 0.1) is 30.5 Å². The number of carbonyl (C=O) groups is 4. The van der Waals surface area contributed by atoms with Crippen LogP contribution in [-0.4, -0.2) is 178 Å². The van der Waals surface area contributed by atoms with Crippen molar-refractivity contribution in [2.75, 3.05) is 0 Å². The quantitative estimate of drug-likeness (QED) is 0.0200. The van der Waals surface area contributed by atoms with Gasteiger partial charge in [0, 0.05) is 25.3 Å². The Morgan fingerprint density at radius 1 is 0.467 bits per heavy atom. The highest BCUT2D eigenvalue weighted by atomic mass is 16.8. The molecule has 21 nitrogen and oxygen atoms in total. The monoisotopic (exact) mass is 1300 g/mol. The predicted octanol–water partition coefficient (Wildman–Crippen LogP) is 10.8. The van der Waals surface area contributed by atoms with Gasteiger partial charge < -0.3 is 82.4 Å². The summed E-state index contributed by atoms with van der Waals surface area (Å²) in [7, 11) is 0. The Bertz CT molecular complexity index is 2260. The molecule has 526 valence electrons. The van der Waals surface area contributed by atoms with E-state index in [1.165, 1.54) is 37.8 Å². The summed E-state index contributed by atoms with van der Waals surface area (Å²) < 4.78 is 75.9. The summed E-state index contributed by atoms with van der Waals surface area (Å²) in [6, 6.07) is 9.01. The van der Waals surface area contributed by atoms with Crippen molar-refractivity contribution in [2.45, 2.75) is 376 Å². The number of hydrogen-bond acceptors (Lipinski definition) is 21. The van der Waals surface area contributed by atoms with E-state index < -0.39 is 147 Å². The number of esters is 4. The Balaban J connectivity index is 1.25. The van der Waals surface area contributed by atoms with Crippen LogP contribution in [0, 0.1) is 0 Å². The van der Waals surface area contributed by atoms with Gasteiger partial charge in [-0.2, -0.15) is 0 Å². The number of carbonyl (C=O) groups excluding carboxylic acids is 4. The topological polar surface area (TPSA) is 280 Å². The van der Waals surface area contributed by atoms with Crippen LogP contribution in [0.5, 0.6) is 0 Å². The summed E-state index contributed by atoms with van der Waals surface area (Å²) in [5, 5.41) is 60.1. The molecule has 5 saturated heterocycles. The van der Waals surface area contributed by atoms with Crippen LogP contribution in [0.3, 0.4) is 0 Å². The lowest BCUT2D eigenvalue weighted by atomic mass is 9.95. The molecule has 0 bridgehead atoms. The molecular weight excluding hydrogens is 1190 g/mol. The number of hydrogen-bond donors (Lipinski definition) is 5. The highest BCUT2D eigenvalue weighted by molar-refractivity contribution is 5.87. The molecular formula is C71H116O21. The number of aliphatic hydroxyl groups excluding tert-OH is 5. The average molecular weight is 1310 g/mol. The van der Waals surface area contributed by atoms with Crippen LogP contribution in [-0.2, 0) is 76.0 Å². The van der Waals surface area contributed by atoms with Crippen LogP contribution in [0.25, 0.3) is 6.08 Å². The Morgan fingerprint density at radius 2 is 0.978 bits per heavy atom. The minimum Gasteiger partial charge on any atom is -0.457 e. The average Bonchev–Trinajstić information content (AvgIpc) is 0.877. The summed E-state index contributed by atoms with van der Waals surface area (Å²) in [5.74, 6) is -2.77. The maximum Gasteiger partial charge on any atom is 0.331 e. The zero-order valence-electron chi connectivity index (χ0n) is 56.4. The third-order valence-corrected chi connectivity index (χ3v) is 18.5. The molecule has 0 saturated carbocycles. The van der Waals surface area contributed by atoms with Crippen LogP contribution in [0.15, 0.2) is 36.4 Å². The second kappa shape index (κ2) is 42.1. The molecule has 5 aliphatic rings. The van der Waals surface area contributed by atoms with Gasteiger partial charge in [0.15, 0.2) is 49.6 Å². The van der Waals surface area contributed by atoms with E-state index in [9.17, 15) is 44.7 Å². The first-order valence-corrected chi connectivity index (χ1v) is 35.6. The van der Waals surface area contributed by atoms with Gasteiger partial charge in [-0.15, -0.1) is 0 Å². The first-order valence-electron chi connectivity index (χ1n) is 35.6. The van der Waals surface area contributed by atoms with Crippen LogP contribution in [0.2, 0.25) is 0 Å². The third kappa shape index (κ3) is 25.1. The van der Waals surface area contributed by atoms with Crippen molar-refractivity contribution < 1.29 is 102 Å². The molecule has 5 N–H and O–H groups in total. The normalized spacial score (nSPS) is 34.6. The first kappa shape index (κ1) is 77.3. The lowest BCUT2D eigenvalue weighted by molar-refractivity contribution is -0.387. The van der Waals surface area contributed by atoms with Crippen molar-refractivity contribution in [3.8, 4) is 0 Å².